The van der Waals surface area contributed by atoms with Crippen molar-refractivity contribution < 1.29 is 27.5 Å². The van der Waals surface area contributed by atoms with E-state index < -0.39 is 23.2 Å². The highest BCUT2D eigenvalue weighted by Crippen LogP contribution is 2.40. The van der Waals surface area contributed by atoms with Crippen molar-refractivity contribution in [1.82, 2.24) is 4.90 Å². The number of piperidine rings is 1. The number of hydrogen-bond donors (Lipinski definition) is 1. The predicted octanol–water partition coefficient (Wildman–Crippen LogP) is 6.43. The van der Waals surface area contributed by atoms with E-state index in [4.69, 9.17) is 22.1 Å². The largest absolute Gasteiger partial charge is 0.416 e. The van der Waals surface area contributed by atoms with Crippen LogP contribution in [0.1, 0.15) is 62.8 Å². The van der Waals surface area contributed by atoms with Crippen molar-refractivity contribution in [3.05, 3.63) is 70.2 Å². The molecule has 1 aliphatic rings. The van der Waals surface area contributed by atoms with E-state index >= 15 is 0 Å². The van der Waals surface area contributed by atoms with Crippen molar-refractivity contribution in [2.45, 2.75) is 57.7 Å². The average Bonchev–Trinajstić information content (AvgIpc) is 2.90. The van der Waals surface area contributed by atoms with Gasteiger partial charge in [-0.25, -0.2) is 0 Å². The van der Waals surface area contributed by atoms with Gasteiger partial charge < -0.3 is 20.2 Å². The number of alkyl halides is 3. The first-order valence-corrected chi connectivity index (χ1v) is 12.5. The fourth-order valence-electron chi connectivity index (χ4n) is 4.33. The minimum absolute atomic E-state index is 0.00206. The Morgan fingerprint density at radius 3 is 2.11 bits per heavy atom. The van der Waals surface area contributed by atoms with Crippen molar-refractivity contribution in [1.29, 1.82) is 0 Å². The van der Waals surface area contributed by atoms with Gasteiger partial charge in [-0.3, -0.25) is 4.79 Å². The standard InChI is InChI=1S/C24H28ClF3N2O.C3H8O.CH2O/c1-23(2,18-4-3-5-19(14-18)24(26,27)28)17-10-12-30(13-11-17)22(31)15-21(29)16-6-8-20(25)9-7-16;1-3-4-2;1-2/h3-9,14,17,21H,10-13,15,29H2,1-2H3;3H2,1-2H3;1H2. The van der Waals surface area contributed by atoms with Gasteiger partial charge >= 0.3 is 6.18 Å². The van der Waals surface area contributed by atoms with E-state index in [2.05, 4.69) is 4.74 Å². The number of methoxy groups -OCH3 is 1. The number of nitrogens with two attached hydrogens (primary N) is 1. The Morgan fingerprint density at radius 2 is 1.62 bits per heavy atom. The first-order chi connectivity index (χ1) is 17.4. The Balaban J connectivity index is 0.00000104. The summed E-state index contributed by atoms with van der Waals surface area (Å²) in [7, 11) is 1.68. The Labute approximate surface area is 223 Å². The number of amides is 1. The Kier molecular flexibility index (Phi) is 13.3. The van der Waals surface area contributed by atoms with Crippen LogP contribution in [-0.2, 0) is 25.9 Å². The third-order valence-corrected chi connectivity index (χ3v) is 7.04. The maximum atomic E-state index is 13.1. The monoisotopic (exact) mass is 542 g/mol. The van der Waals surface area contributed by atoms with Crippen LogP contribution in [0.25, 0.3) is 0 Å². The maximum Gasteiger partial charge on any atom is 0.416 e. The number of likely N-dealkylation sites (tertiary alicyclic amines) is 1. The average molecular weight is 543 g/mol. The molecule has 0 aliphatic carbocycles. The number of benzene rings is 2. The lowest BCUT2D eigenvalue weighted by atomic mass is 9.69. The van der Waals surface area contributed by atoms with Gasteiger partial charge in [0, 0.05) is 44.3 Å². The second-order valence-electron chi connectivity index (χ2n) is 9.39. The Bertz CT molecular complexity index is 958. The van der Waals surface area contributed by atoms with E-state index in [1.807, 2.05) is 44.6 Å². The number of carbonyl (C=O) groups excluding carboxylic acids is 2. The fourth-order valence-corrected chi connectivity index (χ4v) is 4.45. The molecule has 1 saturated heterocycles. The molecule has 2 aromatic rings. The van der Waals surface area contributed by atoms with E-state index in [1.165, 1.54) is 12.1 Å². The van der Waals surface area contributed by atoms with E-state index in [1.54, 1.807) is 25.3 Å². The van der Waals surface area contributed by atoms with Crippen LogP contribution >= 0.6 is 11.6 Å². The molecule has 0 saturated carbocycles. The lowest BCUT2D eigenvalue weighted by molar-refractivity contribution is -0.138. The zero-order valence-corrected chi connectivity index (χ0v) is 22.7. The van der Waals surface area contributed by atoms with Gasteiger partial charge in [0.2, 0.25) is 5.91 Å². The van der Waals surface area contributed by atoms with Crippen LogP contribution in [0, 0.1) is 5.92 Å². The summed E-state index contributed by atoms with van der Waals surface area (Å²) in [6.45, 7) is 9.92. The number of rotatable bonds is 6. The molecule has 0 aromatic heterocycles. The first kappa shape index (κ1) is 32.6. The van der Waals surface area contributed by atoms with E-state index in [0.29, 0.717) is 23.7 Å². The van der Waals surface area contributed by atoms with Crippen molar-refractivity contribution in [3.63, 3.8) is 0 Å². The summed E-state index contributed by atoms with van der Waals surface area (Å²) >= 11 is 5.90. The van der Waals surface area contributed by atoms with Gasteiger partial charge in [-0.1, -0.05) is 55.8 Å². The quantitative estimate of drug-likeness (QED) is 0.456. The lowest BCUT2D eigenvalue weighted by Crippen LogP contribution is -2.44. The number of nitrogens with zero attached hydrogens (tertiary/aromatic N) is 1. The summed E-state index contributed by atoms with van der Waals surface area (Å²) in [4.78, 5) is 22.5. The molecule has 2 aromatic carbocycles. The molecule has 9 heteroatoms. The smallest absolute Gasteiger partial charge is 0.385 e. The molecule has 2 N–H and O–H groups in total. The molecule has 1 amide bonds. The summed E-state index contributed by atoms with van der Waals surface area (Å²) in [5.41, 5.74) is 6.69. The third kappa shape index (κ3) is 9.76. The Hall–Kier alpha value is -2.42. The molecule has 1 heterocycles. The highest BCUT2D eigenvalue weighted by molar-refractivity contribution is 6.30. The van der Waals surface area contributed by atoms with E-state index in [9.17, 15) is 18.0 Å². The molecule has 0 spiro atoms. The van der Waals surface area contributed by atoms with Gasteiger partial charge in [-0.05, 0) is 60.4 Å². The zero-order valence-electron chi connectivity index (χ0n) is 22.0. The van der Waals surface area contributed by atoms with Crippen molar-refractivity contribution in [3.8, 4) is 0 Å². The molecule has 0 bridgehead atoms. The van der Waals surface area contributed by atoms with Gasteiger partial charge in [0.25, 0.3) is 0 Å². The topological polar surface area (TPSA) is 72.6 Å². The number of ether oxygens (including phenoxy) is 1. The van der Waals surface area contributed by atoms with Gasteiger partial charge in [0.15, 0.2) is 0 Å². The highest BCUT2D eigenvalue weighted by Gasteiger charge is 2.37. The van der Waals surface area contributed by atoms with E-state index in [0.717, 1.165) is 31.1 Å². The minimum Gasteiger partial charge on any atom is -0.385 e. The van der Waals surface area contributed by atoms with Crippen LogP contribution < -0.4 is 5.73 Å². The van der Waals surface area contributed by atoms with Crippen LogP contribution in [-0.4, -0.2) is 44.4 Å². The van der Waals surface area contributed by atoms with Crippen molar-refractivity contribution >= 4 is 24.3 Å². The fraction of sp³-hybridized carbons (Fsp3) is 0.500. The molecule has 37 heavy (non-hydrogen) atoms. The lowest BCUT2D eigenvalue weighted by Gasteiger charge is -2.41. The summed E-state index contributed by atoms with van der Waals surface area (Å²) in [5, 5.41) is 0.618. The molecule has 5 nitrogen and oxygen atoms in total. The van der Waals surface area contributed by atoms with Crippen LogP contribution in [0.2, 0.25) is 5.02 Å². The highest BCUT2D eigenvalue weighted by atomic mass is 35.5. The SMILES string of the molecule is C=O.CC(C)(c1cccc(C(F)(F)F)c1)C1CCN(C(=O)CC(N)c2ccc(Cl)cc2)CC1.CCOC. The van der Waals surface area contributed by atoms with Crippen molar-refractivity contribution in [2.75, 3.05) is 26.8 Å². The zero-order chi connectivity index (χ0) is 28.2. The van der Waals surface area contributed by atoms with Gasteiger partial charge in [-0.2, -0.15) is 13.2 Å². The second kappa shape index (κ2) is 15.1. The summed E-state index contributed by atoms with van der Waals surface area (Å²) in [6.07, 6.45) is -2.66. The molecular formula is C28H38ClF3N2O3. The molecule has 1 unspecified atom stereocenters. The maximum absolute atomic E-state index is 13.1. The third-order valence-electron chi connectivity index (χ3n) is 6.78. The van der Waals surface area contributed by atoms with E-state index in [-0.39, 0.29) is 18.2 Å². The normalized spacial score (nSPS) is 15.1. The summed E-state index contributed by atoms with van der Waals surface area (Å²) < 4.78 is 43.9. The predicted molar refractivity (Wildman–Crippen MR) is 141 cm³/mol. The van der Waals surface area contributed by atoms with Crippen LogP contribution in [0.4, 0.5) is 13.2 Å². The van der Waals surface area contributed by atoms with Gasteiger partial charge in [0.05, 0.1) is 5.56 Å². The Morgan fingerprint density at radius 1 is 1.11 bits per heavy atom. The molecule has 206 valence electrons. The van der Waals surface area contributed by atoms with Crippen LogP contribution in [0.3, 0.4) is 0 Å². The van der Waals surface area contributed by atoms with Gasteiger partial charge in [-0.15, -0.1) is 0 Å². The summed E-state index contributed by atoms with van der Waals surface area (Å²) in [5.74, 6) is 0.183. The van der Waals surface area contributed by atoms with Gasteiger partial charge in [0.1, 0.15) is 6.79 Å². The molecule has 0 radical (unpaired) electrons. The molecule has 3 rings (SSSR count). The summed E-state index contributed by atoms with van der Waals surface area (Å²) in [6, 6.07) is 12.3. The van der Waals surface area contributed by atoms with Crippen molar-refractivity contribution in [2.24, 2.45) is 11.7 Å². The second-order valence-corrected chi connectivity index (χ2v) is 9.83. The number of carbonyl (C=O) groups is 2. The number of halogens is 4. The molecule has 1 aliphatic heterocycles. The first-order valence-electron chi connectivity index (χ1n) is 12.1. The molecule has 1 atom stereocenters. The molecule has 1 fully saturated rings. The minimum atomic E-state index is -4.36. The molecular weight excluding hydrogens is 505 g/mol. The van der Waals surface area contributed by atoms with Crippen LogP contribution in [0.5, 0.6) is 0 Å². The van der Waals surface area contributed by atoms with Crippen LogP contribution in [0.15, 0.2) is 48.5 Å². The number of hydrogen-bond acceptors (Lipinski definition) is 4.